The smallest absolute Gasteiger partial charge is 0.160 e. The molecule has 0 amide bonds. The highest BCUT2D eigenvalue weighted by Gasteiger charge is 2.43. The van der Waals surface area contributed by atoms with E-state index >= 15 is 0 Å². The van der Waals surface area contributed by atoms with Gasteiger partial charge in [0.25, 0.3) is 0 Å². The second-order valence-corrected chi connectivity index (χ2v) is 6.87. The van der Waals surface area contributed by atoms with Crippen LogP contribution in [0.15, 0.2) is 24.4 Å². The number of fused-ring (bicyclic) bond motifs is 2. The Morgan fingerprint density at radius 2 is 2.30 bits per heavy atom. The lowest BCUT2D eigenvalue weighted by molar-refractivity contribution is 0.136. The topological polar surface area (TPSA) is 61.4 Å². The summed E-state index contributed by atoms with van der Waals surface area (Å²) in [6.45, 7) is 3.04. The van der Waals surface area contributed by atoms with Gasteiger partial charge in [-0.15, -0.1) is 0 Å². The third kappa shape index (κ3) is 2.49. The normalized spacial score (nSPS) is 24.0. The molecule has 1 saturated heterocycles. The summed E-state index contributed by atoms with van der Waals surface area (Å²) in [5, 5.41) is 17.5. The van der Waals surface area contributed by atoms with Crippen LogP contribution in [0.3, 0.4) is 0 Å². The predicted molar refractivity (Wildman–Crippen MR) is 87.8 cm³/mol. The number of likely N-dealkylation sites (tertiary alicyclic amines) is 1. The summed E-state index contributed by atoms with van der Waals surface area (Å²) >= 11 is 0. The fourth-order valence-electron chi connectivity index (χ4n) is 4.32. The van der Waals surface area contributed by atoms with Crippen molar-refractivity contribution in [3.8, 4) is 11.5 Å². The first-order valence-electron chi connectivity index (χ1n) is 8.31. The van der Waals surface area contributed by atoms with Crippen LogP contribution in [0.2, 0.25) is 0 Å². The van der Waals surface area contributed by atoms with Crippen LogP contribution >= 0.6 is 0 Å². The number of methoxy groups -OCH3 is 1. The maximum atomic E-state index is 9.97. The van der Waals surface area contributed by atoms with Gasteiger partial charge in [0, 0.05) is 24.2 Å². The van der Waals surface area contributed by atoms with Gasteiger partial charge in [0.1, 0.15) is 0 Å². The number of H-pyrrole nitrogens is 1. The third-order valence-corrected chi connectivity index (χ3v) is 5.43. The number of hydrogen-bond acceptors (Lipinski definition) is 4. The van der Waals surface area contributed by atoms with Crippen LogP contribution in [-0.4, -0.2) is 40.4 Å². The SMILES string of the molecule is COc1ccc(CN2CCCC3(CCc4cn[nH]c43)C2)cc1O. The molecule has 0 radical (unpaired) electrons. The molecule has 1 aromatic carbocycles. The molecule has 2 heterocycles. The number of benzene rings is 1. The molecule has 2 aromatic rings. The van der Waals surface area contributed by atoms with Crippen molar-refractivity contribution in [1.29, 1.82) is 0 Å². The van der Waals surface area contributed by atoms with Gasteiger partial charge in [-0.05, 0) is 55.5 Å². The van der Waals surface area contributed by atoms with E-state index in [9.17, 15) is 5.11 Å². The molecule has 1 fully saturated rings. The van der Waals surface area contributed by atoms with Crippen LogP contribution in [0, 0.1) is 0 Å². The zero-order valence-corrected chi connectivity index (χ0v) is 13.5. The number of nitrogens with zero attached hydrogens (tertiary/aromatic N) is 2. The maximum absolute atomic E-state index is 9.97. The molecule has 122 valence electrons. The van der Waals surface area contributed by atoms with E-state index < -0.39 is 0 Å². The molecule has 5 nitrogen and oxygen atoms in total. The van der Waals surface area contributed by atoms with Crippen molar-refractivity contribution in [3.05, 3.63) is 41.2 Å². The molecule has 1 aliphatic carbocycles. The minimum Gasteiger partial charge on any atom is -0.504 e. The maximum Gasteiger partial charge on any atom is 0.160 e. The highest BCUT2D eigenvalue weighted by Crippen LogP contribution is 2.44. The molecular formula is C18H23N3O2. The summed E-state index contributed by atoms with van der Waals surface area (Å²) in [5.74, 6) is 0.746. The van der Waals surface area contributed by atoms with Crippen molar-refractivity contribution in [2.75, 3.05) is 20.2 Å². The molecular weight excluding hydrogens is 290 g/mol. The molecule has 2 aliphatic rings. The average molecular weight is 313 g/mol. The van der Waals surface area contributed by atoms with E-state index in [4.69, 9.17) is 4.74 Å². The van der Waals surface area contributed by atoms with Crippen molar-refractivity contribution in [2.45, 2.75) is 37.6 Å². The number of aromatic amines is 1. The minimum absolute atomic E-state index is 0.216. The summed E-state index contributed by atoms with van der Waals surface area (Å²) in [6, 6.07) is 5.69. The number of phenolic OH excluding ortho intramolecular Hbond substituents is 1. The molecule has 1 atom stereocenters. The Kier molecular flexibility index (Phi) is 3.53. The highest BCUT2D eigenvalue weighted by atomic mass is 16.5. The Morgan fingerprint density at radius 3 is 3.13 bits per heavy atom. The van der Waals surface area contributed by atoms with Gasteiger partial charge in [-0.2, -0.15) is 5.10 Å². The second kappa shape index (κ2) is 5.57. The molecule has 0 bridgehead atoms. The molecule has 1 unspecified atom stereocenters. The number of phenols is 1. The molecule has 1 spiro atoms. The first kappa shape index (κ1) is 14.6. The first-order valence-corrected chi connectivity index (χ1v) is 8.31. The molecule has 0 saturated carbocycles. The number of ether oxygens (including phenoxy) is 1. The largest absolute Gasteiger partial charge is 0.504 e. The van der Waals surface area contributed by atoms with Crippen LogP contribution in [-0.2, 0) is 18.4 Å². The summed E-state index contributed by atoms with van der Waals surface area (Å²) in [4.78, 5) is 2.50. The Hall–Kier alpha value is -2.01. The molecule has 5 heteroatoms. The van der Waals surface area contributed by atoms with Gasteiger partial charge >= 0.3 is 0 Å². The summed E-state index contributed by atoms with van der Waals surface area (Å²) in [7, 11) is 1.57. The number of hydrogen-bond donors (Lipinski definition) is 2. The zero-order valence-electron chi connectivity index (χ0n) is 13.5. The summed E-state index contributed by atoms with van der Waals surface area (Å²) in [6.07, 6.45) is 6.81. The van der Waals surface area contributed by atoms with E-state index in [-0.39, 0.29) is 11.2 Å². The summed E-state index contributed by atoms with van der Waals surface area (Å²) < 4.78 is 5.12. The fraction of sp³-hybridized carbons (Fsp3) is 0.500. The standard InChI is InChI=1S/C18H23N3O2/c1-23-16-4-3-13(9-15(16)22)11-21-8-2-6-18(12-21)7-5-14-10-19-20-17(14)18/h3-4,9-10,22H,2,5-8,11-12H2,1H3,(H,19,20). The lowest BCUT2D eigenvalue weighted by Gasteiger charge is -2.40. The van der Waals surface area contributed by atoms with E-state index in [0.717, 1.165) is 31.6 Å². The van der Waals surface area contributed by atoms with Crippen molar-refractivity contribution < 1.29 is 9.84 Å². The van der Waals surface area contributed by atoms with Gasteiger partial charge in [0.05, 0.1) is 13.3 Å². The average Bonchev–Trinajstić information content (AvgIpc) is 3.13. The lowest BCUT2D eigenvalue weighted by Crippen LogP contribution is -2.44. The van der Waals surface area contributed by atoms with E-state index in [1.54, 1.807) is 7.11 Å². The quantitative estimate of drug-likeness (QED) is 0.914. The Balaban J connectivity index is 1.51. The number of rotatable bonds is 3. The van der Waals surface area contributed by atoms with Crippen molar-refractivity contribution in [2.24, 2.45) is 0 Å². The molecule has 1 aliphatic heterocycles. The first-order chi connectivity index (χ1) is 11.2. The molecule has 23 heavy (non-hydrogen) atoms. The van der Waals surface area contributed by atoms with E-state index in [0.29, 0.717) is 5.75 Å². The van der Waals surface area contributed by atoms with Crippen molar-refractivity contribution in [1.82, 2.24) is 15.1 Å². The number of aromatic nitrogens is 2. The third-order valence-electron chi connectivity index (χ3n) is 5.43. The second-order valence-electron chi connectivity index (χ2n) is 6.87. The zero-order chi connectivity index (χ0) is 15.9. The van der Waals surface area contributed by atoms with Gasteiger partial charge in [-0.3, -0.25) is 10.00 Å². The summed E-state index contributed by atoms with van der Waals surface area (Å²) in [5.41, 5.74) is 4.13. The van der Waals surface area contributed by atoms with Crippen LogP contribution < -0.4 is 4.74 Å². The van der Waals surface area contributed by atoms with Crippen molar-refractivity contribution in [3.63, 3.8) is 0 Å². The fourth-order valence-corrected chi connectivity index (χ4v) is 4.32. The number of piperidine rings is 1. The van der Waals surface area contributed by atoms with Crippen LogP contribution in [0.5, 0.6) is 11.5 Å². The molecule has 2 N–H and O–H groups in total. The predicted octanol–water partition coefficient (Wildman–Crippen LogP) is 2.60. The lowest BCUT2D eigenvalue weighted by atomic mass is 9.77. The van der Waals surface area contributed by atoms with E-state index in [2.05, 4.69) is 15.1 Å². The Labute approximate surface area is 136 Å². The Morgan fingerprint density at radius 1 is 1.39 bits per heavy atom. The van der Waals surface area contributed by atoms with Crippen LogP contribution in [0.25, 0.3) is 0 Å². The van der Waals surface area contributed by atoms with E-state index in [1.807, 2.05) is 24.4 Å². The number of aromatic hydroxyl groups is 1. The van der Waals surface area contributed by atoms with E-state index in [1.165, 1.54) is 30.5 Å². The monoisotopic (exact) mass is 313 g/mol. The molecule has 4 rings (SSSR count). The van der Waals surface area contributed by atoms with Gasteiger partial charge in [0.15, 0.2) is 11.5 Å². The number of nitrogens with one attached hydrogen (secondary N) is 1. The molecule has 1 aromatic heterocycles. The van der Waals surface area contributed by atoms with Gasteiger partial charge in [-0.25, -0.2) is 0 Å². The number of aryl methyl sites for hydroxylation is 1. The van der Waals surface area contributed by atoms with Gasteiger partial charge < -0.3 is 9.84 Å². The van der Waals surface area contributed by atoms with Gasteiger partial charge in [0.2, 0.25) is 0 Å². The minimum atomic E-state index is 0.216. The van der Waals surface area contributed by atoms with Gasteiger partial charge in [-0.1, -0.05) is 6.07 Å². The highest BCUT2D eigenvalue weighted by molar-refractivity contribution is 5.41. The Bertz CT molecular complexity index is 712. The van der Waals surface area contributed by atoms with Crippen LogP contribution in [0.4, 0.5) is 0 Å². The van der Waals surface area contributed by atoms with Crippen LogP contribution in [0.1, 0.15) is 36.1 Å². The van der Waals surface area contributed by atoms with Crippen molar-refractivity contribution >= 4 is 0 Å².